The third kappa shape index (κ3) is 6.09. The smallest absolute Gasteiger partial charge is 0.324 e. The highest BCUT2D eigenvalue weighted by atomic mass is 35.5. The van der Waals surface area contributed by atoms with Crippen LogP contribution in [-0.2, 0) is 16.6 Å². The van der Waals surface area contributed by atoms with E-state index in [2.05, 4.69) is 15.0 Å². The first-order valence-corrected chi connectivity index (χ1v) is 15.2. The number of pyridine rings is 1. The minimum atomic E-state index is -0.429. The Morgan fingerprint density at radius 2 is 1.67 bits per heavy atom. The number of anilines is 1. The zero-order valence-corrected chi connectivity index (χ0v) is 25.8. The molecule has 0 N–H and O–H groups in total. The number of hydrogen-bond acceptors (Lipinski definition) is 6. The summed E-state index contributed by atoms with van der Waals surface area (Å²) < 4.78 is 1.42. The molecule has 0 radical (unpaired) electrons. The summed E-state index contributed by atoms with van der Waals surface area (Å²) in [5, 5.41) is 5.60. The summed E-state index contributed by atoms with van der Waals surface area (Å²) in [5.41, 5.74) is 1.45. The molecule has 2 aliphatic heterocycles. The number of aromatic nitrogens is 3. The number of aryl methyl sites for hydroxylation is 1. The average molecular weight is 613 g/mol. The van der Waals surface area contributed by atoms with E-state index in [1.54, 1.807) is 25.4 Å². The van der Waals surface area contributed by atoms with Crippen LogP contribution in [0.25, 0.3) is 0 Å². The third-order valence-corrected chi connectivity index (χ3v) is 9.03. The number of rotatable bonds is 5. The molecule has 3 aromatic rings. The monoisotopic (exact) mass is 611 g/mol. The molecule has 1 aromatic carbocycles. The van der Waals surface area contributed by atoms with E-state index in [4.69, 9.17) is 23.2 Å². The van der Waals surface area contributed by atoms with Gasteiger partial charge in [0.1, 0.15) is 24.0 Å². The fraction of sp³-hybridized carbons (Fsp3) is 0.452. The van der Waals surface area contributed by atoms with Gasteiger partial charge in [0.15, 0.2) is 0 Å². The van der Waals surface area contributed by atoms with E-state index in [1.807, 2.05) is 49.1 Å². The lowest BCUT2D eigenvalue weighted by Crippen LogP contribution is -2.62. The van der Waals surface area contributed by atoms with Crippen LogP contribution < -0.4 is 14.9 Å². The molecule has 9 nitrogen and oxygen atoms in total. The SMILES string of the molecule is CC(C)C(=O)N1CCCC[N+](C(=O)[C@@H]2CN(c3ccc(=O)n(C)n3)C[C@H]2c2ccc(Cl)cn2)(c2ccc(Cl)cc2)CC1. The topological polar surface area (TPSA) is 88.4 Å². The van der Waals surface area contributed by atoms with Crippen LogP contribution in [0.5, 0.6) is 0 Å². The predicted molar refractivity (Wildman–Crippen MR) is 166 cm³/mol. The Bertz CT molecular complexity index is 1490. The van der Waals surface area contributed by atoms with Crippen molar-refractivity contribution in [2.75, 3.05) is 44.2 Å². The number of halogens is 2. The highest BCUT2D eigenvalue weighted by molar-refractivity contribution is 6.30. The minimum Gasteiger partial charge on any atom is -0.353 e. The number of amides is 2. The van der Waals surface area contributed by atoms with E-state index in [1.165, 1.54) is 10.7 Å². The van der Waals surface area contributed by atoms with Gasteiger partial charge in [0.2, 0.25) is 5.91 Å². The second-order valence-electron chi connectivity index (χ2n) is 11.6. The van der Waals surface area contributed by atoms with Gasteiger partial charge in [0, 0.05) is 73.6 Å². The van der Waals surface area contributed by atoms with Gasteiger partial charge in [0.05, 0.1) is 18.1 Å². The number of benzene rings is 1. The van der Waals surface area contributed by atoms with Crippen molar-refractivity contribution < 1.29 is 9.59 Å². The summed E-state index contributed by atoms with van der Waals surface area (Å²) in [7, 11) is 1.62. The Morgan fingerprint density at radius 1 is 0.929 bits per heavy atom. The van der Waals surface area contributed by atoms with Crippen LogP contribution in [-0.4, -0.2) is 70.7 Å². The van der Waals surface area contributed by atoms with Crippen LogP contribution in [0.2, 0.25) is 10.0 Å². The third-order valence-electron chi connectivity index (χ3n) is 8.56. The highest BCUT2D eigenvalue weighted by Gasteiger charge is 2.51. The predicted octanol–water partition coefficient (Wildman–Crippen LogP) is 4.51. The summed E-state index contributed by atoms with van der Waals surface area (Å²) in [6.07, 6.45) is 3.22. The molecule has 222 valence electrons. The standard InChI is InChI=1S/C31H37Cl2N6O3/c1-21(2)30(41)37-14-4-5-16-39(17-15-37,24-9-6-22(32)7-10-24)31(42)26-20-38(28-12-13-29(40)36(3)35-28)19-25(26)27-11-8-23(33)18-34-27/h6-13,18,21,25-26H,4-5,14-17,19-20H2,1-3H3/q+1/t25-,26-,39?/m1/s1. The van der Waals surface area contributed by atoms with Crippen molar-refractivity contribution in [1.82, 2.24) is 24.1 Å². The molecule has 4 heterocycles. The Morgan fingerprint density at radius 3 is 2.33 bits per heavy atom. The lowest BCUT2D eigenvalue weighted by molar-refractivity contribution is -0.139. The van der Waals surface area contributed by atoms with Gasteiger partial charge in [-0.1, -0.05) is 37.0 Å². The summed E-state index contributed by atoms with van der Waals surface area (Å²) in [6, 6.07) is 14.4. The molecule has 0 spiro atoms. The molecule has 2 aliphatic rings. The fourth-order valence-corrected chi connectivity index (χ4v) is 6.48. The van der Waals surface area contributed by atoms with Gasteiger partial charge >= 0.3 is 5.91 Å². The first-order chi connectivity index (χ1) is 20.1. The van der Waals surface area contributed by atoms with Crippen LogP contribution in [0, 0.1) is 11.8 Å². The lowest BCUT2D eigenvalue weighted by atomic mass is 9.89. The molecule has 42 heavy (non-hydrogen) atoms. The first kappa shape index (κ1) is 30.2. The summed E-state index contributed by atoms with van der Waals surface area (Å²) in [6.45, 7) is 7.02. The van der Waals surface area contributed by atoms with Crippen molar-refractivity contribution in [3.05, 3.63) is 80.8 Å². The molecule has 1 unspecified atom stereocenters. The average Bonchev–Trinajstić information content (AvgIpc) is 3.41. The highest BCUT2D eigenvalue weighted by Crippen LogP contribution is 2.39. The molecular formula is C31H37Cl2N6O3+. The van der Waals surface area contributed by atoms with E-state index in [-0.39, 0.29) is 33.7 Å². The molecule has 2 aromatic heterocycles. The van der Waals surface area contributed by atoms with E-state index < -0.39 is 5.92 Å². The maximum Gasteiger partial charge on any atom is 0.324 e. The maximum atomic E-state index is 15.1. The number of quaternary nitrogens is 1. The second kappa shape index (κ2) is 12.5. The second-order valence-corrected chi connectivity index (χ2v) is 12.5. The normalized spacial score (nSPS) is 23.1. The summed E-state index contributed by atoms with van der Waals surface area (Å²) >= 11 is 12.5. The van der Waals surface area contributed by atoms with Crippen molar-refractivity contribution in [3.63, 3.8) is 0 Å². The van der Waals surface area contributed by atoms with Gasteiger partial charge in [-0.15, -0.1) is 0 Å². The molecule has 0 saturated carbocycles. The Balaban J connectivity index is 1.57. The van der Waals surface area contributed by atoms with Crippen LogP contribution >= 0.6 is 23.2 Å². The van der Waals surface area contributed by atoms with Gasteiger partial charge in [-0.25, -0.2) is 14.0 Å². The Kier molecular flexibility index (Phi) is 9.01. The van der Waals surface area contributed by atoms with Crippen molar-refractivity contribution in [2.24, 2.45) is 18.9 Å². The van der Waals surface area contributed by atoms with Crippen LogP contribution in [0.4, 0.5) is 11.5 Å². The minimum absolute atomic E-state index is 0.0743. The lowest BCUT2D eigenvalue weighted by Gasteiger charge is -2.41. The van der Waals surface area contributed by atoms with Crippen molar-refractivity contribution in [3.8, 4) is 0 Å². The number of nitrogens with zero attached hydrogens (tertiary/aromatic N) is 6. The van der Waals surface area contributed by atoms with Gasteiger partial charge in [-0.2, -0.15) is 5.10 Å². The van der Waals surface area contributed by atoms with Crippen LogP contribution in [0.1, 0.15) is 38.3 Å². The summed E-state index contributed by atoms with van der Waals surface area (Å²) in [4.78, 5) is 48.8. The van der Waals surface area contributed by atoms with Crippen LogP contribution in [0.15, 0.2) is 59.5 Å². The Hall–Kier alpha value is -3.27. The molecule has 2 amide bonds. The Labute approximate surface area is 256 Å². The van der Waals surface area contributed by atoms with E-state index >= 15 is 4.79 Å². The largest absolute Gasteiger partial charge is 0.353 e. The number of hydrogen-bond donors (Lipinski definition) is 0. The quantitative estimate of drug-likeness (QED) is 0.394. The molecule has 2 fully saturated rings. The van der Waals surface area contributed by atoms with Crippen LogP contribution in [0.3, 0.4) is 0 Å². The molecular weight excluding hydrogens is 575 g/mol. The molecule has 2 saturated heterocycles. The van der Waals surface area contributed by atoms with Crippen molar-refractivity contribution in [2.45, 2.75) is 32.6 Å². The molecule has 3 atom stereocenters. The molecule has 11 heteroatoms. The fourth-order valence-electron chi connectivity index (χ4n) is 6.24. The van der Waals surface area contributed by atoms with Gasteiger partial charge in [-0.05, 0) is 43.2 Å². The number of carbonyl (C=O) groups is 2. The first-order valence-electron chi connectivity index (χ1n) is 14.5. The summed E-state index contributed by atoms with van der Waals surface area (Å²) in [5.74, 6) is 0.0401. The zero-order valence-electron chi connectivity index (χ0n) is 24.2. The van der Waals surface area contributed by atoms with Gasteiger partial charge < -0.3 is 9.80 Å². The van der Waals surface area contributed by atoms with Crippen molar-refractivity contribution >= 4 is 46.5 Å². The molecule has 0 bridgehead atoms. The van der Waals surface area contributed by atoms with E-state index in [0.29, 0.717) is 55.1 Å². The number of carbonyl (C=O) groups excluding carboxylic acids is 2. The van der Waals surface area contributed by atoms with Crippen molar-refractivity contribution in [1.29, 1.82) is 0 Å². The van der Waals surface area contributed by atoms with Gasteiger partial charge in [0.25, 0.3) is 5.56 Å². The molecule has 5 rings (SSSR count). The maximum absolute atomic E-state index is 15.1. The van der Waals surface area contributed by atoms with E-state index in [9.17, 15) is 9.59 Å². The van der Waals surface area contributed by atoms with E-state index in [0.717, 1.165) is 24.2 Å². The zero-order chi connectivity index (χ0) is 30.0. The molecule has 0 aliphatic carbocycles. The van der Waals surface area contributed by atoms with Gasteiger partial charge in [-0.3, -0.25) is 14.6 Å².